The maximum Gasteiger partial charge on any atom is 0.335 e. The van der Waals surface area contributed by atoms with Crippen molar-refractivity contribution >= 4 is 21.7 Å². The van der Waals surface area contributed by atoms with Gasteiger partial charge in [0.15, 0.2) is 9.84 Å². The molecule has 6 nitrogen and oxygen atoms in total. The van der Waals surface area contributed by atoms with Gasteiger partial charge in [0.25, 0.3) is 0 Å². The number of carbonyl (C=O) groups excluding carboxylic acids is 1. The van der Waals surface area contributed by atoms with Gasteiger partial charge in [-0.3, -0.25) is 4.79 Å². The number of carboxylic acids is 1. The van der Waals surface area contributed by atoms with Crippen LogP contribution in [0.2, 0.25) is 0 Å². The summed E-state index contributed by atoms with van der Waals surface area (Å²) in [6.07, 6.45) is 0. The molecular weight excluding hydrogens is 301 g/mol. The number of rotatable bonds is 5. The predicted molar refractivity (Wildman–Crippen MR) is 73.3 cm³/mol. The van der Waals surface area contributed by atoms with E-state index < -0.39 is 37.7 Å². The zero-order chi connectivity index (χ0) is 16.4. The molecule has 1 amide bonds. The fraction of sp³-hybridized carbons (Fsp3) is 0.385. The summed E-state index contributed by atoms with van der Waals surface area (Å²) in [6, 6.07) is 2.15. The smallest absolute Gasteiger partial charge is 0.335 e. The van der Waals surface area contributed by atoms with E-state index in [1.54, 1.807) is 13.8 Å². The Morgan fingerprint density at radius 2 is 1.81 bits per heavy atom. The Morgan fingerprint density at radius 3 is 2.29 bits per heavy atom. The van der Waals surface area contributed by atoms with Crippen LogP contribution in [0.3, 0.4) is 0 Å². The normalized spacial score (nSPS) is 13.0. The van der Waals surface area contributed by atoms with E-state index >= 15 is 0 Å². The van der Waals surface area contributed by atoms with Crippen LogP contribution < -0.4 is 5.32 Å². The van der Waals surface area contributed by atoms with Gasteiger partial charge in [0, 0.05) is 6.04 Å². The van der Waals surface area contributed by atoms with Crippen molar-refractivity contribution in [2.45, 2.75) is 37.0 Å². The minimum absolute atomic E-state index is 0.273. The molecule has 2 N–H and O–H groups in total. The summed E-state index contributed by atoms with van der Waals surface area (Å²) < 4.78 is 38.2. The molecule has 8 heteroatoms. The molecule has 0 aliphatic carbocycles. The monoisotopic (exact) mass is 317 g/mol. The lowest BCUT2D eigenvalue weighted by atomic mass is 10.2. The molecule has 0 bridgehead atoms. The number of nitrogens with one attached hydrogen (secondary N) is 1. The molecule has 0 radical (unpaired) electrons. The van der Waals surface area contributed by atoms with Crippen LogP contribution in [0, 0.1) is 5.82 Å². The number of aromatic carboxylic acids is 1. The number of carboxylic acid groups (broad SMARTS) is 1. The van der Waals surface area contributed by atoms with Crippen LogP contribution in [-0.4, -0.2) is 36.7 Å². The van der Waals surface area contributed by atoms with Gasteiger partial charge >= 0.3 is 5.97 Å². The molecule has 21 heavy (non-hydrogen) atoms. The molecule has 0 aromatic heterocycles. The van der Waals surface area contributed by atoms with Gasteiger partial charge in [0.05, 0.1) is 5.56 Å². The fourth-order valence-corrected chi connectivity index (χ4v) is 2.95. The molecule has 0 aliphatic heterocycles. The molecule has 1 rings (SSSR count). The molecule has 0 saturated carbocycles. The fourth-order valence-electron chi connectivity index (χ4n) is 1.59. The summed E-state index contributed by atoms with van der Waals surface area (Å²) in [5.74, 6) is -3.25. The van der Waals surface area contributed by atoms with Crippen molar-refractivity contribution < 1.29 is 27.5 Å². The van der Waals surface area contributed by atoms with Gasteiger partial charge in [0.1, 0.15) is 16.0 Å². The molecule has 1 unspecified atom stereocenters. The van der Waals surface area contributed by atoms with Crippen LogP contribution >= 0.6 is 0 Å². The molecule has 1 aromatic carbocycles. The predicted octanol–water partition coefficient (Wildman–Crippen LogP) is 1.21. The SMILES string of the molecule is CC(C)NC(=O)C(C)S(=O)(=O)c1cc(C(=O)O)ccc1F. The molecule has 0 fully saturated rings. The summed E-state index contributed by atoms with van der Waals surface area (Å²) in [7, 11) is -4.32. The summed E-state index contributed by atoms with van der Waals surface area (Å²) in [4.78, 5) is 21.8. The van der Waals surface area contributed by atoms with E-state index in [9.17, 15) is 22.4 Å². The molecule has 116 valence electrons. The van der Waals surface area contributed by atoms with Crippen LogP contribution in [0.5, 0.6) is 0 Å². The summed E-state index contributed by atoms with van der Waals surface area (Å²) >= 11 is 0. The van der Waals surface area contributed by atoms with Gasteiger partial charge in [-0.05, 0) is 39.0 Å². The van der Waals surface area contributed by atoms with Crippen molar-refractivity contribution in [1.82, 2.24) is 5.32 Å². The highest BCUT2D eigenvalue weighted by molar-refractivity contribution is 7.92. The van der Waals surface area contributed by atoms with Crippen molar-refractivity contribution in [3.8, 4) is 0 Å². The molecule has 0 spiro atoms. The van der Waals surface area contributed by atoms with E-state index in [1.165, 1.54) is 0 Å². The maximum absolute atomic E-state index is 13.7. The lowest BCUT2D eigenvalue weighted by Crippen LogP contribution is -2.41. The number of sulfone groups is 1. The van der Waals surface area contributed by atoms with E-state index in [4.69, 9.17) is 5.11 Å². The number of halogens is 1. The lowest BCUT2D eigenvalue weighted by Gasteiger charge is -2.16. The first-order valence-electron chi connectivity index (χ1n) is 6.14. The highest BCUT2D eigenvalue weighted by atomic mass is 32.2. The van der Waals surface area contributed by atoms with Crippen molar-refractivity contribution in [1.29, 1.82) is 0 Å². The molecule has 1 aromatic rings. The molecule has 1 atom stereocenters. The molecule has 0 saturated heterocycles. The topological polar surface area (TPSA) is 101 Å². The van der Waals surface area contributed by atoms with Crippen molar-refractivity contribution in [2.75, 3.05) is 0 Å². The van der Waals surface area contributed by atoms with Crippen LogP contribution in [0.4, 0.5) is 4.39 Å². The van der Waals surface area contributed by atoms with Crippen LogP contribution in [0.15, 0.2) is 23.1 Å². The summed E-state index contributed by atoms with van der Waals surface area (Å²) in [5, 5.41) is 9.73. The van der Waals surface area contributed by atoms with E-state index in [1.807, 2.05) is 0 Å². The largest absolute Gasteiger partial charge is 0.478 e. The molecule has 0 heterocycles. The first kappa shape index (κ1) is 17.1. The van der Waals surface area contributed by atoms with Crippen molar-refractivity contribution in [3.63, 3.8) is 0 Å². The molecule has 0 aliphatic rings. The Kier molecular flexibility index (Phi) is 5.06. The standard InChI is InChI=1S/C13H16FNO5S/c1-7(2)15-12(16)8(3)21(19,20)11-6-9(13(17)18)4-5-10(11)14/h4-8H,1-3H3,(H,15,16)(H,17,18). The number of hydrogen-bond donors (Lipinski definition) is 2. The number of hydrogen-bond acceptors (Lipinski definition) is 4. The Hall–Kier alpha value is -1.96. The Balaban J connectivity index is 3.27. The quantitative estimate of drug-likeness (QED) is 0.850. The number of benzene rings is 1. The first-order valence-corrected chi connectivity index (χ1v) is 7.69. The van der Waals surface area contributed by atoms with Gasteiger partial charge in [-0.2, -0.15) is 0 Å². The second-order valence-electron chi connectivity index (χ2n) is 4.80. The minimum Gasteiger partial charge on any atom is -0.478 e. The summed E-state index contributed by atoms with van der Waals surface area (Å²) in [6.45, 7) is 4.44. The zero-order valence-electron chi connectivity index (χ0n) is 11.8. The second-order valence-corrected chi connectivity index (χ2v) is 7.04. The van der Waals surface area contributed by atoms with Crippen LogP contribution in [-0.2, 0) is 14.6 Å². The lowest BCUT2D eigenvalue weighted by molar-refractivity contribution is -0.120. The van der Waals surface area contributed by atoms with E-state index in [0.717, 1.165) is 19.1 Å². The van der Waals surface area contributed by atoms with Crippen molar-refractivity contribution in [2.24, 2.45) is 0 Å². The average molecular weight is 317 g/mol. The number of carbonyl (C=O) groups is 2. The van der Waals surface area contributed by atoms with E-state index in [-0.39, 0.29) is 11.6 Å². The van der Waals surface area contributed by atoms with Gasteiger partial charge in [-0.15, -0.1) is 0 Å². The average Bonchev–Trinajstić information content (AvgIpc) is 2.36. The Bertz CT molecular complexity index is 669. The van der Waals surface area contributed by atoms with Gasteiger partial charge in [0.2, 0.25) is 5.91 Å². The third-order valence-electron chi connectivity index (χ3n) is 2.75. The third-order valence-corrected chi connectivity index (χ3v) is 4.82. The maximum atomic E-state index is 13.7. The van der Waals surface area contributed by atoms with Crippen LogP contribution in [0.1, 0.15) is 31.1 Å². The number of amides is 1. The highest BCUT2D eigenvalue weighted by Crippen LogP contribution is 2.21. The molecular formula is C13H16FNO5S. The van der Waals surface area contributed by atoms with Gasteiger partial charge in [-0.1, -0.05) is 0 Å². The van der Waals surface area contributed by atoms with Gasteiger partial charge < -0.3 is 10.4 Å². The summed E-state index contributed by atoms with van der Waals surface area (Å²) in [5.41, 5.74) is -0.369. The Morgan fingerprint density at radius 1 is 1.24 bits per heavy atom. The van der Waals surface area contributed by atoms with Gasteiger partial charge in [-0.25, -0.2) is 17.6 Å². The van der Waals surface area contributed by atoms with Crippen molar-refractivity contribution in [3.05, 3.63) is 29.6 Å². The second kappa shape index (κ2) is 6.21. The highest BCUT2D eigenvalue weighted by Gasteiger charge is 2.32. The van der Waals surface area contributed by atoms with E-state index in [0.29, 0.717) is 6.07 Å². The zero-order valence-corrected chi connectivity index (χ0v) is 12.6. The third kappa shape index (κ3) is 3.78. The van der Waals surface area contributed by atoms with Crippen LogP contribution in [0.25, 0.3) is 0 Å². The first-order chi connectivity index (χ1) is 9.57. The Labute approximate surface area is 121 Å². The minimum atomic E-state index is -4.32. The van der Waals surface area contributed by atoms with E-state index in [2.05, 4.69) is 5.32 Å².